The zero-order valence-corrected chi connectivity index (χ0v) is 13.4. The van der Waals surface area contributed by atoms with E-state index >= 15 is 0 Å². The Kier molecular flexibility index (Phi) is 4.65. The van der Waals surface area contributed by atoms with Crippen molar-refractivity contribution >= 4 is 17.5 Å². The van der Waals surface area contributed by atoms with Crippen molar-refractivity contribution in [3.05, 3.63) is 35.4 Å². The Morgan fingerprint density at radius 3 is 3.04 bits per heavy atom. The van der Waals surface area contributed by atoms with Gasteiger partial charge in [-0.25, -0.2) is 0 Å². The van der Waals surface area contributed by atoms with E-state index in [9.17, 15) is 9.59 Å². The fourth-order valence-electron chi connectivity index (χ4n) is 2.97. The first-order valence-corrected chi connectivity index (χ1v) is 8.22. The van der Waals surface area contributed by atoms with Crippen molar-refractivity contribution in [3.63, 3.8) is 0 Å². The van der Waals surface area contributed by atoms with E-state index in [0.29, 0.717) is 23.5 Å². The third kappa shape index (κ3) is 3.55. The third-order valence-corrected chi connectivity index (χ3v) is 4.30. The number of para-hydroxylation sites is 1. The van der Waals surface area contributed by atoms with Crippen molar-refractivity contribution in [3.8, 4) is 5.75 Å². The lowest BCUT2D eigenvalue weighted by atomic mass is 9.97. The quantitative estimate of drug-likeness (QED) is 0.839. The fraction of sp³-hybridized carbons (Fsp3) is 0.444. The van der Waals surface area contributed by atoms with E-state index in [1.165, 1.54) is 18.4 Å². The van der Waals surface area contributed by atoms with Crippen molar-refractivity contribution in [2.75, 3.05) is 11.9 Å². The van der Waals surface area contributed by atoms with Gasteiger partial charge in [-0.1, -0.05) is 17.7 Å². The van der Waals surface area contributed by atoms with E-state index in [1.54, 1.807) is 25.1 Å². The Hall–Kier alpha value is -2.30. The maximum atomic E-state index is 12.4. The molecule has 1 atom stereocenters. The number of hydrogen-bond acceptors (Lipinski definition) is 3. The van der Waals surface area contributed by atoms with Crippen LogP contribution in [-0.2, 0) is 4.79 Å². The monoisotopic (exact) mass is 314 g/mol. The molecular formula is C18H22N2O3. The summed E-state index contributed by atoms with van der Waals surface area (Å²) in [5, 5.41) is 5.71. The summed E-state index contributed by atoms with van der Waals surface area (Å²) < 4.78 is 5.61. The van der Waals surface area contributed by atoms with Gasteiger partial charge < -0.3 is 15.4 Å². The lowest BCUT2D eigenvalue weighted by Gasteiger charge is -2.25. The van der Waals surface area contributed by atoms with E-state index in [-0.39, 0.29) is 11.8 Å². The van der Waals surface area contributed by atoms with Crippen LogP contribution in [0.1, 0.15) is 49.4 Å². The van der Waals surface area contributed by atoms with Gasteiger partial charge in [-0.2, -0.15) is 0 Å². The Balaban J connectivity index is 1.65. The summed E-state index contributed by atoms with van der Waals surface area (Å²) in [5.41, 5.74) is 2.45. The molecule has 0 fully saturated rings. The molecule has 2 N–H and O–H groups in total. The van der Waals surface area contributed by atoms with Gasteiger partial charge >= 0.3 is 0 Å². The van der Waals surface area contributed by atoms with Gasteiger partial charge in [-0.15, -0.1) is 0 Å². The molecule has 2 aliphatic rings. The van der Waals surface area contributed by atoms with Crippen LogP contribution in [0.5, 0.6) is 5.75 Å². The average Bonchev–Trinajstić information content (AvgIpc) is 2.56. The Morgan fingerprint density at radius 2 is 2.26 bits per heavy atom. The van der Waals surface area contributed by atoms with E-state index in [0.717, 1.165) is 19.3 Å². The number of ether oxygens (including phenoxy) is 1. The molecule has 0 bridgehead atoms. The van der Waals surface area contributed by atoms with Gasteiger partial charge in [0.15, 0.2) is 11.9 Å². The maximum Gasteiger partial charge on any atom is 0.265 e. The number of rotatable bonds is 4. The molecule has 1 aliphatic carbocycles. The van der Waals surface area contributed by atoms with E-state index in [1.807, 2.05) is 0 Å². The van der Waals surface area contributed by atoms with Crippen LogP contribution in [0.25, 0.3) is 0 Å². The third-order valence-electron chi connectivity index (χ3n) is 4.30. The van der Waals surface area contributed by atoms with Crippen molar-refractivity contribution < 1.29 is 14.3 Å². The standard InChI is InChI=1S/C18H22N2O3/c1-12-17(21)20-15-9-5-8-14(16(15)23-12)18(22)19-11-10-13-6-3-2-4-7-13/h5-6,8-9,12H,2-4,7,10-11H2,1H3,(H,19,22)(H,20,21). The van der Waals surface area contributed by atoms with Crippen LogP contribution in [-0.4, -0.2) is 24.5 Å². The summed E-state index contributed by atoms with van der Waals surface area (Å²) in [6.45, 7) is 2.29. The topological polar surface area (TPSA) is 67.4 Å². The minimum Gasteiger partial charge on any atom is -0.478 e. The van der Waals surface area contributed by atoms with E-state index in [4.69, 9.17) is 4.74 Å². The van der Waals surface area contributed by atoms with Crippen LogP contribution in [0.2, 0.25) is 0 Å². The lowest BCUT2D eigenvalue weighted by molar-refractivity contribution is -0.122. The Morgan fingerprint density at radius 1 is 1.39 bits per heavy atom. The van der Waals surface area contributed by atoms with Crippen LogP contribution >= 0.6 is 0 Å². The number of allylic oxidation sites excluding steroid dienone is 1. The molecule has 0 aromatic heterocycles. The summed E-state index contributed by atoms with van der Waals surface area (Å²) in [7, 11) is 0. The zero-order valence-electron chi connectivity index (χ0n) is 13.4. The van der Waals surface area contributed by atoms with Crippen molar-refractivity contribution in [1.29, 1.82) is 0 Å². The molecule has 5 heteroatoms. The molecule has 0 spiro atoms. The molecule has 0 radical (unpaired) electrons. The molecular weight excluding hydrogens is 292 g/mol. The van der Waals surface area contributed by atoms with Gasteiger partial charge in [0.05, 0.1) is 11.3 Å². The molecule has 1 aliphatic heterocycles. The van der Waals surface area contributed by atoms with Crippen LogP contribution in [0.3, 0.4) is 0 Å². The number of nitrogens with one attached hydrogen (secondary N) is 2. The van der Waals surface area contributed by atoms with Crippen molar-refractivity contribution in [2.24, 2.45) is 0 Å². The van der Waals surface area contributed by atoms with E-state index < -0.39 is 6.10 Å². The molecule has 3 rings (SSSR count). The molecule has 1 heterocycles. The fourth-order valence-corrected chi connectivity index (χ4v) is 2.97. The first kappa shape index (κ1) is 15.6. The number of benzene rings is 1. The number of anilines is 1. The summed E-state index contributed by atoms with van der Waals surface area (Å²) in [6, 6.07) is 5.21. The number of hydrogen-bond donors (Lipinski definition) is 2. The number of fused-ring (bicyclic) bond motifs is 1. The van der Waals surface area contributed by atoms with Gasteiger partial charge in [-0.05, 0) is 51.2 Å². The highest BCUT2D eigenvalue weighted by Crippen LogP contribution is 2.33. The van der Waals surface area contributed by atoms with Crippen LogP contribution < -0.4 is 15.4 Å². The molecule has 1 aromatic carbocycles. The Bertz CT molecular complexity index is 652. The van der Waals surface area contributed by atoms with Gasteiger partial charge in [0.1, 0.15) is 0 Å². The first-order chi connectivity index (χ1) is 11.1. The molecule has 23 heavy (non-hydrogen) atoms. The molecule has 5 nitrogen and oxygen atoms in total. The molecule has 0 saturated carbocycles. The molecule has 1 aromatic rings. The lowest BCUT2D eigenvalue weighted by Crippen LogP contribution is -2.36. The average molecular weight is 314 g/mol. The predicted molar refractivity (Wildman–Crippen MR) is 88.7 cm³/mol. The summed E-state index contributed by atoms with van der Waals surface area (Å²) in [5.74, 6) is 0.0925. The van der Waals surface area contributed by atoms with Crippen LogP contribution in [0, 0.1) is 0 Å². The second-order valence-electron chi connectivity index (χ2n) is 6.05. The largest absolute Gasteiger partial charge is 0.478 e. The minimum absolute atomic E-state index is 0.165. The highest BCUT2D eigenvalue weighted by molar-refractivity contribution is 6.03. The summed E-state index contributed by atoms with van der Waals surface area (Å²) in [6.07, 6.45) is 7.41. The number of carbonyl (C=O) groups excluding carboxylic acids is 2. The van der Waals surface area contributed by atoms with Gasteiger partial charge in [-0.3, -0.25) is 9.59 Å². The number of carbonyl (C=O) groups is 2. The zero-order chi connectivity index (χ0) is 16.2. The van der Waals surface area contributed by atoms with Crippen LogP contribution in [0.15, 0.2) is 29.8 Å². The number of amides is 2. The Labute approximate surface area is 136 Å². The highest BCUT2D eigenvalue weighted by atomic mass is 16.5. The van der Waals surface area contributed by atoms with Gasteiger partial charge in [0.25, 0.3) is 11.8 Å². The summed E-state index contributed by atoms with van der Waals surface area (Å²) in [4.78, 5) is 24.1. The molecule has 2 amide bonds. The highest BCUT2D eigenvalue weighted by Gasteiger charge is 2.27. The van der Waals surface area contributed by atoms with Crippen molar-refractivity contribution in [2.45, 2.75) is 45.1 Å². The minimum atomic E-state index is -0.594. The van der Waals surface area contributed by atoms with Gasteiger partial charge in [0.2, 0.25) is 0 Å². The second-order valence-corrected chi connectivity index (χ2v) is 6.05. The molecule has 0 saturated heterocycles. The van der Waals surface area contributed by atoms with Crippen molar-refractivity contribution in [1.82, 2.24) is 5.32 Å². The predicted octanol–water partition coefficient (Wildman–Crippen LogP) is 3.03. The smallest absolute Gasteiger partial charge is 0.265 e. The van der Waals surface area contributed by atoms with Crippen LogP contribution in [0.4, 0.5) is 5.69 Å². The normalized spacial score (nSPS) is 20.0. The van der Waals surface area contributed by atoms with Gasteiger partial charge in [0, 0.05) is 6.54 Å². The van der Waals surface area contributed by atoms with E-state index in [2.05, 4.69) is 16.7 Å². The first-order valence-electron chi connectivity index (χ1n) is 8.22. The molecule has 1 unspecified atom stereocenters. The maximum absolute atomic E-state index is 12.4. The second kappa shape index (κ2) is 6.86. The molecule has 122 valence electrons. The SMILES string of the molecule is CC1Oc2c(cccc2C(=O)NCCC2=CCCCC2)NC1=O. The summed E-state index contributed by atoms with van der Waals surface area (Å²) >= 11 is 0.